The molecule has 0 spiro atoms. The minimum atomic E-state index is -1.02. The number of nitrogens with zero attached hydrogens (tertiary/aromatic N) is 1. The Labute approximate surface area is 131 Å². The Morgan fingerprint density at radius 3 is 2.74 bits per heavy atom. The number of imidazole rings is 1. The maximum absolute atomic E-state index is 11.8. The van der Waals surface area contributed by atoms with Crippen LogP contribution in [0.3, 0.4) is 0 Å². The van der Waals surface area contributed by atoms with Crippen LogP contribution in [0.1, 0.15) is 27.6 Å². The molecule has 1 heterocycles. The molecule has 0 fully saturated rings. The third kappa shape index (κ3) is 2.78. The lowest BCUT2D eigenvalue weighted by Gasteiger charge is -2.01. The van der Waals surface area contributed by atoms with E-state index in [-0.39, 0.29) is 5.56 Å². The summed E-state index contributed by atoms with van der Waals surface area (Å²) in [5, 5.41) is 9.27. The van der Waals surface area contributed by atoms with Crippen molar-refractivity contribution in [2.45, 2.75) is 6.92 Å². The zero-order valence-electron chi connectivity index (χ0n) is 12.4. The van der Waals surface area contributed by atoms with Crippen molar-refractivity contribution in [1.82, 2.24) is 9.97 Å². The minimum absolute atomic E-state index is 0.164. The molecule has 2 aromatic carbocycles. The first-order chi connectivity index (χ1) is 11.1. The topological polar surface area (TPSA) is 92.3 Å². The molecular weight excluding hydrogens is 296 g/mol. The van der Waals surface area contributed by atoms with Crippen molar-refractivity contribution in [3.8, 4) is 11.4 Å². The normalized spacial score (nSPS) is 10.7. The molecule has 6 nitrogen and oxygen atoms in total. The second kappa shape index (κ2) is 5.92. The zero-order chi connectivity index (χ0) is 16.4. The number of hydrogen-bond donors (Lipinski definition) is 2. The molecule has 1 aromatic heterocycles. The number of carboxylic acids is 1. The summed E-state index contributed by atoms with van der Waals surface area (Å²) in [7, 11) is 0. The first kappa shape index (κ1) is 14.8. The molecule has 23 heavy (non-hydrogen) atoms. The first-order valence-corrected chi connectivity index (χ1v) is 7.09. The van der Waals surface area contributed by atoms with Gasteiger partial charge in [0.15, 0.2) is 0 Å². The number of H-pyrrole nitrogens is 1. The number of fused-ring (bicyclic) bond motifs is 1. The molecule has 0 amide bonds. The Bertz CT molecular complexity index is 898. The summed E-state index contributed by atoms with van der Waals surface area (Å²) in [6.45, 7) is 2.05. The van der Waals surface area contributed by atoms with Gasteiger partial charge in [0.05, 0.1) is 28.8 Å². The van der Waals surface area contributed by atoms with Crippen LogP contribution in [-0.2, 0) is 4.74 Å². The predicted octanol–water partition coefficient (Wildman–Crippen LogP) is 3.10. The average Bonchev–Trinajstić information content (AvgIpc) is 2.98. The van der Waals surface area contributed by atoms with Gasteiger partial charge in [0.1, 0.15) is 5.82 Å². The Hall–Kier alpha value is -3.15. The van der Waals surface area contributed by atoms with E-state index < -0.39 is 11.9 Å². The molecule has 0 aliphatic heterocycles. The number of nitrogens with one attached hydrogen (secondary N) is 1. The summed E-state index contributed by atoms with van der Waals surface area (Å²) < 4.78 is 4.97. The molecule has 0 aliphatic carbocycles. The van der Waals surface area contributed by atoms with Crippen LogP contribution >= 0.6 is 0 Å². The number of aromatic nitrogens is 2. The Morgan fingerprint density at radius 1 is 1.22 bits per heavy atom. The molecule has 0 saturated heterocycles. The summed E-state index contributed by atoms with van der Waals surface area (Å²) >= 11 is 0. The van der Waals surface area contributed by atoms with Gasteiger partial charge in [-0.2, -0.15) is 0 Å². The smallest absolute Gasteiger partial charge is 0.338 e. The standard InChI is InChI=1S/C17H14N2O4/c1-2-23-17(22)10-7-8-13-14(9-10)19-15(18-13)11-5-3-4-6-12(11)16(20)21/h3-9H,2H2,1H3,(H,18,19)(H,20,21). The number of aromatic carboxylic acids is 1. The van der Waals surface area contributed by atoms with Crippen molar-refractivity contribution in [2.24, 2.45) is 0 Å². The maximum Gasteiger partial charge on any atom is 0.338 e. The minimum Gasteiger partial charge on any atom is -0.478 e. The fourth-order valence-corrected chi connectivity index (χ4v) is 2.35. The van der Waals surface area contributed by atoms with Gasteiger partial charge < -0.3 is 14.8 Å². The molecule has 0 saturated carbocycles. The van der Waals surface area contributed by atoms with Crippen LogP contribution < -0.4 is 0 Å². The van der Waals surface area contributed by atoms with Gasteiger partial charge in [-0.05, 0) is 31.2 Å². The summed E-state index contributed by atoms with van der Waals surface area (Å²) in [6, 6.07) is 11.6. The van der Waals surface area contributed by atoms with Crippen LogP contribution in [0.15, 0.2) is 42.5 Å². The van der Waals surface area contributed by atoms with Crippen molar-refractivity contribution < 1.29 is 19.4 Å². The second-order valence-electron chi connectivity index (χ2n) is 4.89. The molecule has 0 atom stereocenters. The van der Waals surface area contributed by atoms with E-state index in [0.717, 1.165) is 0 Å². The summed E-state index contributed by atoms with van der Waals surface area (Å²) in [4.78, 5) is 30.6. The van der Waals surface area contributed by atoms with E-state index in [1.54, 1.807) is 43.3 Å². The fourth-order valence-electron chi connectivity index (χ4n) is 2.35. The van der Waals surface area contributed by atoms with Crippen LogP contribution in [0.25, 0.3) is 22.4 Å². The first-order valence-electron chi connectivity index (χ1n) is 7.09. The SMILES string of the molecule is CCOC(=O)c1ccc2nc(-c3ccccc3C(=O)O)[nH]c2c1. The van der Waals surface area contributed by atoms with Crippen molar-refractivity contribution in [3.05, 3.63) is 53.6 Å². The van der Waals surface area contributed by atoms with Crippen LogP contribution in [0.2, 0.25) is 0 Å². The highest BCUT2D eigenvalue weighted by Crippen LogP contribution is 2.24. The number of esters is 1. The fraction of sp³-hybridized carbons (Fsp3) is 0.118. The largest absolute Gasteiger partial charge is 0.478 e. The number of carboxylic acid groups (broad SMARTS) is 1. The van der Waals surface area contributed by atoms with Gasteiger partial charge in [0.2, 0.25) is 0 Å². The van der Waals surface area contributed by atoms with Crippen LogP contribution in [-0.4, -0.2) is 33.6 Å². The second-order valence-corrected chi connectivity index (χ2v) is 4.89. The van der Waals surface area contributed by atoms with E-state index in [4.69, 9.17) is 4.74 Å². The Kier molecular flexibility index (Phi) is 3.80. The van der Waals surface area contributed by atoms with Gasteiger partial charge >= 0.3 is 11.9 Å². The van der Waals surface area contributed by atoms with E-state index >= 15 is 0 Å². The highest BCUT2D eigenvalue weighted by Gasteiger charge is 2.15. The molecule has 3 aromatic rings. The Balaban J connectivity index is 2.07. The third-order valence-electron chi connectivity index (χ3n) is 3.41. The molecule has 116 valence electrons. The number of aromatic amines is 1. The summed E-state index contributed by atoms with van der Waals surface area (Å²) in [5.74, 6) is -0.983. The number of ether oxygens (including phenoxy) is 1. The van der Waals surface area contributed by atoms with Crippen molar-refractivity contribution in [2.75, 3.05) is 6.61 Å². The van der Waals surface area contributed by atoms with Crippen molar-refractivity contribution in [1.29, 1.82) is 0 Å². The van der Waals surface area contributed by atoms with Crippen LogP contribution in [0.4, 0.5) is 0 Å². The molecular formula is C17H14N2O4. The predicted molar refractivity (Wildman–Crippen MR) is 84.4 cm³/mol. The lowest BCUT2D eigenvalue weighted by molar-refractivity contribution is 0.0526. The van der Waals surface area contributed by atoms with Gasteiger partial charge in [-0.1, -0.05) is 18.2 Å². The monoisotopic (exact) mass is 310 g/mol. The lowest BCUT2D eigenvalue weighted by Crippen LogP contribution is -2.04. The maximum atomic E-state index is 11.8. The summed E-state index contributed by atoms with van der Waals surface area (Å²) in [5.41, 5.74) is 2.37. The van der Waals surface area contributed by atoms with Crippen LogP contribution in [0.5, 0.6) is 0 Å². The van der Waals surface area contributed by atoms with Crippen LogP contribution in [0, 0.1) is 0 Å². The molecule has 2 N–H and O–H groups in total. The van der Waals surface area contributed by atoms with E-state index in [2.05, 4.69) is 9.97 Å². The highest BCUT2D eigenvalue weighted by atomic mass is 16.5. The quantitative estimate of drug-likeness (QED) is 0.722. The van der Waals surface area contributed by atoms with Gasteiger partial charge in [-0.3, -0.25) is 0 Å². The molecule has 6 heteroatoms. The molecule has 0 aliphatic rings. The molecule has 0 unspecified atom stereocenters. The Morgan fingerprint density at radius 2 is 2.00 bits per heavy atom. The van der Waals surface area contributed by atoms with Gasteiger partial charge in [0.25, 0.3) is 0 Å². The van der Waals surface area contributed by atoms with Crippen molar-refractivity contribution >= 4 is 23.0 Å². The lowest BCUT2D eigenvalue weighted by atomic mass is 10.1. The van der Waals surface area contributed by atoms with Gasteiger partial charge in [0, 0.05) is 5.56 Å². The van der Waals surface area contributed by atoms with E-state index in [1.165, 1.54) is 6.07 Å². The third-order valence-corrected chi connectivity index (χ3v) is 3.41. The number of benzene rings is 2. The van der Waals surface area contributed by atoms with E-state index in [0.29, 0.717) is 34.6 Å². The number of rotatable bonds is 4. The average molecular weight is 310 g/mol. The number of hydrogen-bond acceptors (Lipinski definition) is 4. The van der Waals surface area contributed by atoms with Crippen molar-refractivity contribution in [3.63, 3.8) is 0 Å². The van der Waals surface area contributed by atoms with Gasteiger partial charge in [-0.15, -0.1) is 0 Å². The zero-order valence-corrected chi connectivity index (χ0v) is 12.4. The van der Waals surface area contributed by atoms with E-state index in [1.807, 2.05) is 0 Å². The summed E-state index contributed by atoms with van der Waals surface area (Å²) in [6.07, 6.45) is 0. The molecule has 0 bridgehead atoms. The number of carbonyl (C=O) groups excluding carboxylic acids is 1. The molecule has 3 rings (SSSR count). The number of carbonyl (C=O) groups is 2. The molecule has 0 radical (unpaired) electrons. The highest BCUT2D eigenvalue weighted by molar-refractivity contribution is 5.97. The van der Waals surface area contributed by atoms with E-state index in [9.17, 15) is 14.7 Å². The van der Waals surface area contributed by atoms with Gasteiger partial charge in [-0.25, -0.2) is 14.6 Å².